The van der Waals surface area contributed by atoms with Gasteiger partial charge in [0.05, 0.1) is 0 Å². The molecule has 0 aliphatic heterocycles. The standard InChI is InChI=1S/C20H42O4S/c1-5-9-13-17-19(21,15-11-7-3)25(23,24)20(22,16-12-8-4)18-14-10-6-2/h21-22H,5-18H2,1-4H3. The summed E-state index contributed by atoms with van der Waals surface area (Å²) in [5.74, 6) is 0. The Bertz CT molecular complexity index is 401. The van der Waals surface area contributed by atoms with Crippen LogP contribution in [0.1, 0.15) is 118 Å². The Morgan fingerprint density at radius 3 is 1.12 bits per heavy atom. The molecule has 0 aromatic heterocycles. The second-order valence-electron chi connectivity index (χ2n) is 7.52. The van der Waals surface area contributed by atoms with Crippen molar-refractivity contribution < 1.29 is 18.6 Å². The molecule has 0 aliphatic rings. The largest absolute Gasteiger partial charge is 0.374 e. The van der Waals surface area contributed by atoms with Crippen molar-refractivity contribution in [1.29, 1.82) is 0 Å². The third-order valence-electron chi connectivity index (χ3n) is 5.18. The molecule has 0 aromatic carbocycles. The van der Waals surface area contributed by atoms with E-state index in [2.05, 4.69) is 13.8 Å². The average molecular weight is 379 g/mol. The third-order valence-corrected chi connectivity index (χ3v) is 8.00. The molecule has 0 saturated carbocycles. The van der Waals surface area contributed by atoms with Gasteiger partial charge in [0.1, 0.15) is 0 Å². The molecule has 0 saturated heterocycles. The normalized spacial score (nSPS) is 17.2. The van der Waals surface area contributed by atoms with E-state index in [1.165, 1.54) is 0 Å². The van der Waals surface area contributed by atoms with Crippen LogP contribution in [0.2, 0.25) is 0 Å². The highest BCUT2D eigenvalue weighted by molar-refractivity contribution is 7.93. The van der Waals surface area contributed by atoms with E-state index < -0.39 is 19.7 Å². The minimum absolute atomic E-state index is 0.220. The topological polar surface area (TPSA) is 74.6 Å². The van der Waals surface area contributed by atoms with Crippen molar-refractivity contribution in [3.63, 3.8) is 0 Å². The van der Waals surface area contributed by atoms with E-state index in [0.29, 0.717) is 25.7 Å². The number of sulfone groups is 1. The van der Waals surface area contributed by atoms with E-state index in [-0.39, 0.29) is 25.7 Å². The minimum atomic E-state index is -4.06. The van der Waals surface area contributed by atoms with Crippen molar-refractivity contribution in [2.45, 2.75) is 127 Å². The molecular formula is C20H42O4S. The summed E-state index contributed by atoms with van der Waals surface area (Å²) in [5, 5.41) is 22.3. The maximum Gasteiger partial charge on any atom is 0.209 e. The number of hydrogen-bond donors (Lipinski definition) is 2. The lowest BCUT2D eigenvalue weighted by Gasteiger charge is -2.38. The van der Waals surface area contributed by atoms with Crippen molar-refractivity contribution in [2.75, 3.05) is 0 Å². The van der Waals surface area contributed by atoms with Crippen LogP contribution in [-0.4, -0.2) is 28.5 Å². The molecule has 0 aliphatic carbocycles. The molecule has 0 fully saturated rings. The summed E-state index contributed by atoms with van der Waals surface area (Å²) in [5.41, 5.74) is 0. The second kappa shape index (κ2) is 12.3. The SMILES string of the molecule is CCCCCC(O)(CCCC)S(=O)(=O)C(O)(CCCC)CCCCC. The smallest absolute Gasteiger partial charge is 0.209 e. The zero-order valence-corrected chi connectivity index (χ0v) is 17.8. The van der Waals surface area contributed by atoms with Crippen LogP contribution < -0.4 is 0 Å². The first-order valence-electron chi connectivity index (χ1n) is 10.4. The first kappa shape index (κ1) is 24.9. The van der Waals surface area contributed by atoms with Crippen LogP contribution in [0.5, 0.6) is 0 Å². The first-order chi connectivity index (χ1) is 11.7. The number of aliphatic hydroxyl groups is 2. The zero-order chi connectivity index (χ0) is 19.4. The summed E-state index contributed by atoms with van der Waals surface area (Å²) >= 11 is 0. The Labute approximate surface area is 156 Å². The van der Waals surface area contributed by atoms with E-state index in [9.17, 15) is 18.6 Å². The molecule has 0 spiro atoms. The first-order valence-corrected chi connectivity index (χ1v) is 11.9. The Morgan fingerprint density at radius 2 is 0.840 bits per heavy atom. The van der Waals surface area contributed by atoms with Crippen LogP contribution >= 0.6 is 0 Å². The summed E-state index contributed by atoms with van der Waals surface area (Å²) in [6, 6.07) is 0. The Kier molecular flexibility index (Phi) is 12.2. The Hall–Kier alpha value is -0.130. The predicted octanol–water partition coefficient (Wildman–Crippen LogP) is 5.32. The molecule has 5 heteroatoms. The summed E-state index contributed by atoms with van der Waals surface area (Å²) in [6.07, 6.45) is 8.95. The molecular weight excluding hydrogens is 336 g/mol. The number of unbranched alkanes of at least 4 members (excludes halogenated alkanes) is 6. The predicted molar refractivity (Wildman–Crippen MR) is 106 cm³/mol. The highest BCUT2D eigenvalue weighted by atomic mass is 32.2. The lowest BCUT2D eigenvalue weighted by molar-refractivity contribution is 0.0572. The van der Waals surface area contributed by atoms with Crippen molar-refractivity contribution >= 4 is 9.84 Å². The van der Waals surface area contributed by atoms with Gasteiger partial charge in [-0.15, -0.1) is 0 Å². The Balaban J connectivity index is 5.58. The van der Waals surface area contributed by atoms with E-state index in [4.69, 9.17) is 0 Å². The van der Waals surface area contributed by atoms with Crippen molar-refractivity contribution in [1.82, 2.24) is 0 Å². The van der Waals surface area contributed by atoms with Crippen molar-refractivity contribution in [3.05, 3.63) is 0 Å². The molecule has 0 amide bonds. The molecule has 0 bridgehead atoms. The third kappa shape index (κ3) is 7.18. The van der Waals surface area contributed by atoms with Crippen LogP contribution in [0, 0.1) is 0 Å². The molecule has 25 heavy (non-hydrogen) atoms. The van der Waals surface area contributed by atoms with E-state index >= 15 is 0 Å². The van der Waals surface area contributed by atoms with Gasteiger partial charge in [0.15, 0.2) is 9.87 Å². The van der Waals surface area contributed by atoms with Crippen LogP contribution in [0.3, 0.4) is 0 Å². The van der Waals surface area contributed by atoms with Gasteiger partial charge in [0.25, 0.3) is 0 Å². The van der Waals surface area contributed by atoms with Crippen LogP contribution in [0.15, 0.2) is 0 Å². The molecule has 2 N–H and O–H groups in total. The highest BCUT2D eigenvalue weighted by Crippen LogP contribution is 2.40. The maximum absolute atomic E-state index is 13.4. The van der Waals surface area contributed by atoms with Crippen LogP contribution in [-0.2, 0) is 9.84 Å². The average Bonchev–Trinajstić information content (AvgIpc) is 2.58. The van der Waals surface area contributed by atoms with Gasteiger partial charge in [-0.3, -0.25) is 0 Å². The van der Waals surface area contributed by atoms with E-state index in [1.807, 2.05) is 13.8 Å². The summed E-state index contributed by atoms with van der Waals surface area (Å²) in [7, 11) is -4.06. The van der Waals surface area contributed by atoms with Gasteiger partial charge < -0.3 is 10.2 Å². The minimum Gasteiger partial charge on any atom is -0.374 e. The molecule has 2 atom stereocenters. The van der Waals surface area contributed by atoms with Gasteiger partial charge in [0.2, 0.25) is 9.84 Å². The summed E-state index contributed by atoms with van der Waals surface area (Å²) in [6.45, 7) is 8.09. The van der Waals surface area contributed by atoms with Crippen molar-refractivity contribution in [2.24, 2.45) is 0 Å². The highest BCUT2D eigenvalue weighted by Gasteiger charge is 2.53. The van der Waals surface area contributed by atoms with Gasteiger partial charge in [-0.2, -0.15) is 0 Å². The maximum atomic E-state index is 13.4. The van der Waals surface area contributed by atoms with E-state index in [0.717, 1.165) is 38.5 Å². The summed E-state index contributed by atoms with van der Waals surface area (Å²) < 4.78 is 26.7. The van der Waals surface area contributed by atoms with Gasteiger partial charge in [-0.25, -0.2) is 8.42 Å². The molecule has 0 radical (unpaired) electrons. The monoisotopic (exact) mass is 378 g/mol. The molecule has 0 heterocycles. The fraction of sp³-hybridized carbons (Fsp3) is 1.00. The Morgan fingerprint density at radius 1 is 0.560 bits per heavy atom. The second-order valence-corrected chi connectivity index (χ2v) is 10.0. The number of hydrogen-bond acceptors (Lipinski definition) is 4. The molecule has 152 valence electrons. The van der Waals surface area contributed by atoms with Crippen molar-refractivity contribution in [3.8, 4) is 0 Å². The van der Waals surface area contributed by atoms with Gasteiger partial charge >= 0.3 is 0 Å². The molecule has 2 unspecified atom stereocenters. The lowest BCUT2D eigenvalue weighted by Crippen LogP contribution is -2.52. The fourth-order valence-electron chi connectivity index (χ4n) is 3.35. The van der Waals surface area contributed by atoms with Gasteiger partial charge in [-0.1, -0.05) is 66.2 Å². The van der Waals surface area contributed by atoms with E-state index in [1.54, 1.807) is 0 Å². The van der Waals surface area contributed by atoms with Gasteiger partial charge in [0, 0.05) is 0 Å². The molecule has 0 rings (SSSR count). The fourth-order valence-corrected chi connectivity index (χ4v) is 5.71. The number of rotatable bonds is 16. The van der Waals surface area contributed by atoms with Gasteiger partial charge in [-0.05, 0) is 51.4 Å². The molecule has 4 nitrogen and oxygen atoms in total. The lowest BCUT2D eigenvalue weighted by atomic mass is 10.0. The van der Waals surface area contributed by atoms with Crippen LogP contribution in [0.25, 0.3) is 0 Å². The molecule has 0 aromatic rings. The quantitative estimate of drug-likeness (QED) is 0.356. The van der Waals surface area contributed by atoms with Crippen LogP contribution in [0.4, 0.5) is 0 Å². The summed E-state index contributed by atoms with van der Waals surface area (Å²) in [4.78, 5) is -3.60. The zero-order valence-electron chi connectivity index (χ0n) is 17.0.